The van der Waals surface area contributed by atoms with Crippen molar-refractivity contribution in [2.45, 2.75) is 20.4 Å². The minimum absolute atomic E-state index is 0.0615. The summed E-state index contributed by atoms with van der Waals surface area (Å²) in [5.41, 5.74) is 3.29. The van der Waals surface area contributed by atoms with Gasteiger partial charge in [0.15, 0.2) is 5.76 Å². The number of amides is 2. The molecule has 0 spiro atoms. The van der Waals surface area contributed by atoms with Crippen molar-refractivity contribution in [2.24, 2.45) is 0 Å². The molecular weight excluding hydrogens is 326 g/mol. The van der Waals surface area contributed by atoms with Crippen LogP contribution in [0.2, 0.25) is 5.02 Å². The average molecular weight is 342 g/mol. The molecule has 2 aromatic rings. The van der Waals surface area contributed by atoms with E-state index in [9.17, 15) is 14.7 Å². The second-order valence-corrected chi connectivity index (χ2v) is 6.30. The van der Waals surface area contributed by atoms with Gasteiger partial charge in [-0.2, -0.15) is 0 Å². The van der Waals surface area contributed by atoms with E-state index in [-0.39, 0.29) is 12.1 Å². The first-order valence-electron chi connectivity index (χ1n) is 7.50. The third-order valence-corrected chi connectivity index (χ3v) is 4.30. The van der Waals surface area contributed by atoms with Crippen LogP contribution in [0.25, 0.3) is 5.57 Å². The zero-order valence-electron chi connectivity index (χ0n) is 13.3. The Morgan fingerprint density at radius 2 is 1.67 bits per heavy atom. The summed E-state index contributed by atoms with van der Waals surface area (Å²) in [7, 11) is 0. The van der Waals surface area contributed by atoms with Crippen molar-refractivity contribution in [1.82, 2.24) is 4.90 Å². The van der Waals surface area contributed by atoms with Gasteiger partial charge in [0.2, 0.25) is 0 Å². The standard InChI is InChI=1S/C19H16ClNO3/c1-11-3-8-15(12(2)9-11)16-17(22)19(24)21(18(16)23)10-13-4-6-14(20)7-5-13/h3-9,22H,10H2,1-2H3. The van der Waals surface area contributed by atoms with Crippen LogP contribution in [-0.4, -0.2) is 21.8 Å². The number of carbonyl (C=O) groups is 2. The third kappa shape index (κ3) is 2.81. The number of hydrogen-bond donors (Lipinski definition) is 1. The molecule has 1 aliphatic rings. The molecule has 2 amide bonds. The summed E-state index contributed by atoms with van der Waals surface area (Å²) in [4.78, 5) is 26.1. The maximum Gasteiger partial charge on any atom is 0.296 e. The van der Waals surface area contributed by atoms with Gasteiger partial charge < -0.3 is 5.11 Å². The molecule has 5 heteroatoms. The Kier molecular flexibility index (Phi) is 4.16. The predicted molar refractivity (Wildman–Crippen MR) is 92.5 cm³/mol. The Morgan fingerprint density at radius 1 is 1.00 bits per heavy atom. The summed E-state index contributed by atoms with van der Waals surface area (Å²) in [5, 5.41) is 10.8. The van der Waals surface area contributed by atoms with Gasteiger partial charge in [0.1, 0.15) is 0 Å². The van der Waals surface area contributed by atoms with Crippen LogP contribution >= 0.6 is 11.6 Å². The van der Waals surface area contributed by atoms with Gasteiger partial charge in [0.25, 0.3) is 11.8 Å². The first kappa shape index (κ1) is 16.3. The number of benzene rings is 2. The Morgan fingerprint density at radius 3 is 2.29 bits per heavy atom. The van der Waals surface area contributed by atoms with E-state index in [4.69, 9.17) is 11.6 Å². The molecule has 1 heterocycles. The van der Waals surface area contributed by atoms with Crippen molar-refractivity contribution in [3.8, 4) is 0 Å². The fraction of sp³-hybridized carbons (Fsp3) is 0.158. The minimum atomic E-state index is -0.676. The molecule has 0 bridgehead atoms. The Bertz CT molecular complexity index is 869. The first-order chi connectivity index (χ1) is 11.4. The van der Waals surface area contributed by atoms with Crippen molar-refractivity contribution in [3.05, 3.63) is 75.5 Å². The second kappa shape index (κ2) is 6.13. The normalized spacial score (nSPS) is 14.7. The van der Waals surface area contributed by atoms with Crippen LogP contribution in [0.4, 0.5) is 0 Å². The molecule has 24 heavy (non-hydrogen) atoms. The number of aryl methyl sites for hydroxylation is 2. The highest BCUT2D eigenvalue weighted by molar-refractivity contribution is 6.35. The van der Waals surface area contributed by atoms with Gasteiger partial charge in [-0.25, -0.2) is 0 Å². The molecule has 1 aliphatic heterocycles. The first-order valence-corrected chi connectivity index (χ1v) is 7.88. The van der Waals surface area contributed by atoms with Crippen molar-refractivity contribution < 1.29 is 14.7 Å². The van der Waals surface area contributed by atoms with Gasteiger partial charge in [0, 0.05) is 5.02 Å². The maximum atomic E-state index is 12.7. The summed E-state index contributed by atoms with van der Waals surface area (Å²) in [5.74, 6) is -1.66. The number of hydrogen-bond acceptors (Lipinski definition) is 3. The van der Waals surface area contributed by atoms with Crippen LogP contribution in [0.5, 0.6) is 0 Å². The molecule has 0 saturated heterocycles. The van der Waals surface area contributed by atoms with E-state index in [1.165, 1.54) is 0 Å². The molecule has 0 radical (unpaired) electrons. The maximum absolute atomic E-state index is 12.7. The lowest BCUT2D eigenvalue weighted by atomic mass is 9.98. The molecule has 0 saturated carbocycles. The fourth-order valence-electron chi connectivity index (χ4n) is 2.82. The Hall–Kier alpha value is -2.59. The average Bonchev–Trinajstić information content (AvgIpc) is 2.74. The number of halogens is 1. The van der Waals surface area contributed by atoms with E-state index >= 15 is 0 Å². The molecule has 0 aliphatic carbocycles. The fourth-order valence-corrected chi connectivity index (χ4v) is 2.94. The van der Waals surface area contributed by atoms with Crippen molar-refractivity contribution >= 4 is 29.0 Å². The van der Waals surface area contributed by atoms with E-state index in [0.717, 1.165) is 21.6 Å². The van der Waals surface area contributed by atoms with Gasteiger partial charge in [0.05, 0.1) is 12.1 Å². The highest BCUT2D eigenvalue weighted by atomic mass is 35.5. The van der Waals surface area contributed by atoms with Crippen molar-refractivity contribution in [1.29, 1.82) is 0 Å². The lowest BCUT2D eigenvalue weighted by Gasteiger charge is -2.15. The summed E-state index contributed by atoms with van der Waals surface area (Å²) >= 11 is 5.85. The zero-order valence-corrected chi connectivity index (χ0v) is 14.1. The van der Waals surface area contributed by atoms with E-state index in [1.54, 1.807) is 30.3 Å². The van der Waals surface area contributed by atoms with Gasteiger partial charge >= 0.3 is 0 Å². The van der Waals surface area contributed by atoms with Crippen molar-refractivity contribution in [2.75, 3.05) is 0 Å². The van der Waals surface area contributed by atoms with E-state index in [2.05, 4.69) is 0 Å². The Balaban J connectivity index is 1.94. The Labute approximate surface area is 145 Å². The molecule has 0 atom stereocenters. The summed E-state index contributed by atoms with van der Waals surface area (Å²) < 4.78 is 0. The smallest absolute Gasteiger partial charge is 0.296 e. The number of aliphatic hydroxyl groups is 1. The number of carbonyl (C=O) groups excluding carboxylic acids is 2. The van der Waals surface area contributed by atoms with Crippen LogP contribution in [0.15, 0.2) is 48.2 Å². The van der Waals surface area contributed by atoms with E-state index in [1.807, 2.05) is 26.0 Å². The molecular formula is C19H16ClNO3. The predicted octanol–water partition coefficient (Wildman–Crippen LogP) is 3.79. The molecule has 4 nitrogen and oxygen atoms in total. The van der Waals surface area contributed by atoms with Crippen LogP contribution in [0.1, 0.15) is 22.3 Å². The van der Waals surface area contributed by atoms with Gasteiger partial charge in [-0.1, -0.05) is 47.5 Å². The molecule has 0 unspecified atom stereocenters. The van der Waals surface area contributed by atoms with Crippen LogP contribution in [0.3, 0.4) is 0 Å². The SMILES string of the molecule is Cc1ccc(C2=C(O)C(=O)N(Cc3ccc(Cl)cc3)C2=O)c(C)c1. The third-order valence-electron chi connectivity index (χ3n) is 4.05. The number of aliphatic hydroxyl groups excluding tert-OH is 1. The quantitative estimate of drug-likeness (QED) is 0.864. The largest absolute Gasteiger partial charge is 0.502 e. The van der Waals surface area contributed by atoms with Crippen molar-refractivity contribution in [3.63, 3.8) is 0 Å². The lowest BCUT2D eigenvalue weighted by molar-refractivity contribution is -0.138. The summed E-state index contributed by atoms with van der Waals surface area (Å²) in [6.07, 6.45) is 0. The monoisotopic (exact) mass is 341 g/mol. The van der Waals surface area contributed by atoms with Gasteiger partial charge in [-0.3, -0.25) is 14.5 Å². The number of imide groups is 1. The lowest BCUT2D eigenvalue weighted by Crippen LogP contribution is -2.31. The molecule has 2 aromatic carbocycles. The van der Waals surface area contributed by atoms with Crippen LogP contribution in [0, 0.1) is 13.8 Å². The van der Waals surface area contributed by atoms with Gasteiger partial charge in [-0.05, 0) is 42.7 Å². The molecule has 3 rings (SSSR count). The zero-order chi connectivity index (χ0) is 17.4. The molecule has 0 aromatic heterocycles. The summed E-state index contributed by atoms with van der Waals surface area (Å²) in [6.45, 7) is 3.88. The number of rotatable bonds is 3. The highest BCUT2D eigenvalue weighted by Crippen LogP contribution is 2.31. The molecule has 0 fully saturated rings. The van der Waals surface area contributed by atoms with Gasteiger partial charge in [-0.15, -0.1) is 0 Å². The van der Waals surface area contributed by atoms with Crippen LogP contribution in [-0.2, 0) is 16.1 Å². The number of nitrogens with zero attached hydrogens (tertiary/aromatic N) is 1. The minimum Gasteiger partial charge on any atom is -0.502 e. The molecule has 1 N–H and O–H groups in total. The van der Waals surface area contributed by atoms with E-state index in [0.29, 0.717) is 10.6 Å². The second-order valence-electron chi connectivity index (χ2n) is 5.86. The van der Waals surface area contributed by atoms with Crippen LogP contribution < -0.4 is 0 Å². The highest BCUT2D eigenvalue weighted by Gasteiger charge is 2.39. The summed E-state index contributed by atoms with van der Waals surface area (Å²) in [6, 6.07) is 12.4. The topological polar surface area (TPSA) is 57.6 Å². The molecule has 122 valence electrons. The van der Waals surface area contributed by atoms with E-state index < -0.39 is 17.6 Å².